The Hall–Kier alpha value is -1.81. The van der Waals surface area contributed by atoms with Crippen LogP contribution in [0.1, 0.15) is 44.6 Å². The summed E-state index contributed by atoms with van der Waals surface area (Å²) in [4.78, 5) is 16.6. The van der Waals surface area contributed by atoms with Crippen molar-refractivity contribution < 1.29 is 14.6 Å². The third-order valence-electron chi connectivity index (χ3n) is 3.87. The van der Waals surface area contributed by atoms with Crippen molar-refractivity contribution in [3.05, 3.63) is 40.4 Å². The van der Waals surface area contributed by atoms with E-state index in [0.717, 1.165) is 25.7 Å². The largest absolute Gasteiger partial charge is 0.506 e. The molecule has 1 aromatic carbocycles. The van der Waals surface area contributed by atoms with Crippen LogP contribution in [0.3, 0.4) is 0 Å². The normalized spacial score (nSPS) is 17.1. The number of carbonyl (C=O) groups excluding carboxylic acids is 1. The van der Waals surface area contributed by atoms with Gasteiger partial charge in [-0.15, -0.1) is 0 Å². The van der Waals surface area contributed by atoms with Crippen LogP contribution in [0.15, 0.2) is 34.8 Å². The van der Waals surface area contributed by atoms with Gasteiger partial charge in [-0.3, -0.25) is 4.99 Å². The molecule has 0 saturated heterocycles. The number of esters is 1. The maximum atomic E-state index is 12.2. The van der Waals surface area contributed by atoms with Gasteiger partial charge in [0.25, 0.3) is 0 Å². The predicted molar refractivity (Wildman–Crippen MR) is 93.0 cm³/mol. The Balaban J connectivity index is 2.32. The Bertz CT molecular complexity index is 604. The van der Waals surface area contributed by atoms with Crippen LogP contribution >= 0.6 is 11.6 Å². The Morgan fingerprint density at radius 2 is 2.04 bits per heavy atom. The van der Waals surface area contributed by atoms with Crippen molar-refractivity contribution in [2.24, 2.45) is 4.99 Å². The van der Waals surface area contributed by atoms with E-state index in [0.29, 0.717) is 10.6 Å². The highest BCUT2D eigenvalue weighted by Crippen LogP contribution is 2.25. The van der Waals surface area contributed by atoms with E-state index in [1.54, 1.807) is 31.2 Å². The lowest BCUT2D eigenvalue weighted by Crippen LogP contribution is -2.14. The molecule has 23 heavy (non-hydrogen) atoms. The number of aliphatic hydroxyl groups is 1. The van der Waals surface area contributed by atoms with E-state index in [9.17, 15) is 9.90 Å². The van der Waals surface area contributed by atoms with E-state index in [4.69, 9.17) is 16.3 Å². The lowest BCUT2D eigenvalue weighted by atomic mass is 9.96. The van der Waals surface area contributed by atoms with Crippen molar-refractivity contribution >= 4 is 29.5 Å². The Kier molecular flexibility index (Phi) is 6.66. The minimum absolute atomic E-state index is 0.0468. The first-order chi connectivity index (χ1) is 11.1. The van der Waals surface area contributed by atoms with Gasteiger partial charge in [0.2, 0.25) is 0 Å². The first-order valence-corrected chi connectivity index (χ1v) is 8.39. The number of nitrogens with zero attached hydrogens (tertiary/aromatic N) is 1. The molecule has 0 aliphatic heterocycles. The summed E-state index contributed by atoms with van der Waals surface area (Å²) in [6, 6.07) is 7.03. The van der Waals surface area contributed by atoms with Crippen molar-refractivity contribution in [3.63, 3.8) is 0 Å². The van der Waals surface area contributed by atoms with E-state index in [1.807, 2.05) is 0 Å². The Labute approximate surface area is 141 Å². The van der Waals surface area contributed by atoms with Gasteiger partial charge in [0, 0.05) is 17.8 Å². The summed E-state index contributed by atoms with van der Waals surface area (Å²) < 4.78 is 5.04. The summed E-state index contributed by atoms with van der Waals surface area (Å²) in [6.07, 6.45) is 7.00. The molecule has 5 heteroatoms. The maximum absolute atomic E-state index is 12.2. The molecule has 1 aliphatic carbocycles. The highest BCUT2D eigenvalue weighted by atomic mass is 35.5. The number of benzene rings is 1. The quantitative estimate of drug-likeness (QED) is 0.371. The van der Waals surface area contributed by atoms with E-state index < -0.39 is 5.97 Å². The average molecular weight is 336 g/mol. The predicted octanol–water partition coefficient (Wildman–Crippen LogP) is 4.58. The van der Waals surface area contributed by atoms with Crippen LogP contribution in [0.4, 0.5) is 0 Å². The summed E-state index contributed by atoms with van der Waals surface area (Å²) in [6.45, 7) is 1.95. The number of carbonyl (C=O) groups is 1. The van der Waals surface area contributed by atoms with Gasteiger partial charge in [0.15, 0.2) is 0 Å². The molecule has 0 unspecified atom stereocenters. The molecule has 1 aromatic rings. The van der Waals surface area contributed by atoms with Crippen LogP contribution in [0.25, 0.3) is 5.76 Å². The van der Waals surface area contributed by atoms with Crippen molar-refractivity contribution in [1.29, 1.82) is 0 Å². The number of halogens is 1. The third-order valence-corrected chi connectivity index (χ3v) is 4.20. The lowest BCUT2D eigenvalue weighted by molar-refractivity contribution is -0.137. The minimum Gasteiger partial charge on any atom is -0.506 e. The molecular formula is C18H22ClNO3. The van der Waals surface area contributed by atoms with Gasteiger partial charge in [-0.25, -0.2) is 4.79 Å². The summed E-state index contributed by atoms with van der Waals surface area (Å²) in [5.74, 6) is -0.793. The molecular weight excluding hydrogens is 314 g/mol. The molecule has 0 spiro atoms. The Morgan fingerprint density at radius 3 is 2.70 bits per heavy atom. The fourth-order valence-corrected chi connectivity index (χ4v) is 2.85. The molecule has 0 aromatic heterocycles. The molecule has 1 fully saturated rings. The highest BCUT2D eigenvalue weighted by molar-refractivity contribution is 6.32. The molecule has 0 bridgehead atoms. The smallest absolute Gasteiger partial charge is 0.343 e. The van der Waals surface area contributed by atoms with Crippen molar-refractivity contribution in [3.8, 4) is 0 Å². The highest BCUT2D eigenvalue weighted by Gasteiger charge is 2.19. The number of hydrogen-bond acceptors (Lipinski definition) is 4. The fraction of sp³-hybridized carbons (Fsp3) is 0.444. The van der Waals surface area contributed by atoms with Crippen LogP contribution in [0, 0.1) is 0 Å². The SMILES string of the molecule is CCOC(=O)/C(C=NC1CCCCC1)=C(/O)c1ccccc1Cl. The van der Waals surface area contributed by atoms with E-state index in [-0.39, 0.29) is 24.0 Å². The molecule has 1 N–H and O–H groups in total. The zero-order valence-corrected chi connectivity index (χ0v) is 14.1. The second-order valence-electron chi connectivity index (χ2n) is 5.53. The van der Waals surface area contributed by atoms with E-state index in [1.165, 1.54) is 12.6 Å². The third kappa shape index (κ3) is 4.83. The topological polar surface area (TPSA) is 58.9 Å². The molecule has 0 amide bonds. The average Bonchev–Trinajstić information content (AvgIpc) is 2.56. The van der Waals surface area contributed by atoms with Gasteiger partial charge in [-0.1, -0.05) is 43.0 Å². The molecule has 0 radical (unpaired) electrons. The van der Waals surface area contributed by atoms with Crippen LogP contribution in [-0.4, -0.2) is 29.9 Å². The molecule has 124 valence electrons. The molecule has 4 nitrogen and oxygen atoms in total. The molecule has 1 saturated carbocycles. The first-order valence-electron chi connectivity index (χ1n) is 8.02. The van der Waals surface area contributed by atoms with Crippen LogP contribution in [0.5, 0.6) is 0 Å². The first kappa shape index (κ1) is 17.5. The number of hydrogen-bond donors (Lipinski definition) is 1. The lowest BCUT2D eigenvalue weighted by Gasteiger charge is -2.17. The number of aliphatic imine (C=N–C) groups is 1. The number of ether oxygens (including phenoxy) is 1. The van der Waals surface area contributed by atoms with Crippen LogP contribution < -0.4 is 0 Å². The summed E-state index contributed by atoms with van der Waals surface area (Å²) in [7, 11) is 0. The standard InChI is InChI=1S/C18H22ClNO3/c1-2-23-18(22)15(12-20-13-8-4-3-5-9-13)17(21)14-10-6-7-11-16(14)19/h6-7,10-13,21H,2-5,8-9H2,1H3/b17-15+,20-12?. The second-order valence-corrected chi connectivity index (χ2v) is 5.94. The van der Waals surface area contributed by atoms with Gasteiger partial charge in [-0.05, 0) is 31.9 Å². The molecule has 1 aliphatic rings. The van der Waals surface area contributed by atoms with Crippen LogP contribution in [0.2, 0.25) is 5.02 Å². The minimum atomic E-state index is -0.593. The molecule has 2 rings (SSSR count). The molecule has 0 atom stereocenters. The zero-order chi connectivity index (χ0) is 16.7. The van der Waals surface area contributed by atoms with Gasteiger partial charge in [0.1, 0.15) is 11.3 Å². The summed E-state index contributed by atoms with van der Waals surface area (Å²) in [5.41, 5.74) is 0.442. The van der Waals surface area contributed by atoms with Gasteiger partial charge in [-0.2, -0.15) is 0 Å². The number of aliphatic hydroxyl groups excluding tert-OH is 1. The maximum Gasteiger partial charge on any atom is 0.343 e. The summed E-state index contributed by atoms with van der Waals surface area (Å²) >= 11 is 6.10. The second kappa shape index (κ2) is 8.73. The Morgan fingerprint density at radius 1 is 1.35 bits per heavy atom. The van der Waals surface area contributed by atoms with E-state index >= 15 is 0 Å². The fourth-order valence-electron chi connectivity index (χ4n) is 2.63. The van der Waals surface area contributed by atoms with E-state index in [2.05, 4.69) is 4.99 Å². The van der Waals surface area contributed by atoms with Gasteiger partial charge < -0.3 is 9.84 Å². The van der Waals surface area contributed by atoms with Crippen molar-refractivity contribution in [2.45, 2.75) is 45.1 Å². The van der Waals surface area contributed by atoms with Gasteiger partial charge >= 0.3 is 5.97 Å². The number of rotatable bonds is 5. The van der Waals surface area contributed by atoms with Gasteiger partial charge in [0.05, 0.1) is 11.6 Å². The molecule has 0 heterocycles. The van der Waals surface area contributed by atoms with Crippen LogP contribution in [-0.2, 0) is 9.53 Å². The van der Waals surface area contributed by atoms with Crippen molar-refractivity contribution in [2.75, 3.05) is 6.61 Å². The van der Waals surface area contributed by atoms with Crippen molar-refractivity contribution in [1.82, 2.24) is 0 Å². The monoisotopic (exact) mass is 335 g/mol. The zero-order valence-electron chi connectivity index (χ0n) is 13.3. The summed E-state index contributed by atoms with van der Waals surface area (Å²) in [5, 5.41) is 10.9.